The van der Waals surface area contributed by atoms with E-state index in [1.165, 1.54) is 0 Å². The van der Waals surface area contributed by atoms with Crippen LogP contribution in [0.3, 0.4) is 0 Å². The van der Waals surface area contributed by atoms with Crippen molar-refractivity contribution in [2.75, 3.05) is 26.2 Å². The molecule has 1 aliphatic rings. The number of hydrogen-bond donors (Lipinski definition) is 2. The Morgan fingerprint density at radius 2 is 1.00 bits per heavy atom. The van der Waals surface area contributed by atoms with Gasteiger partial charge in [-0.05, 0) is 12.1 Å². The second-order valence-corrected chi connectivity index (χ2v) is 2.52. The normalized spacial score (nSPS) is 11.3. The van der Waals surface area contributed by atoms with Gasteiger partial charge in [0, 0.05) is 38.6 Å². The van der Waals surface area contributed by atoms with Gasteiger partial charge in [0.1, 0.15) is 0 Å². The average molecular weight is 259 g/mol. The van der Waals surface area contributed by atoms with Crippen molar-refractivity contribution in [2.45, 2.75) is 0 Å². The highest BCUT2D eigenvalue weighted by atomic mass is 19.0. The molecule has 0 spiro atoms. The molecule has 0 saturated carbocycles. The van der Waals surface area contributed by atoms with Crippen molar-refractivity contribution in [1.29, 1.82) is 0 Å². The van der Waals surface area contributed by atoms with E-state index in [0.29, 0.717) is 0 Å². The Bertz CT molecular complexity index is 153. The van der Waals surface area contributed by atoms with Crippen molar-refractivity contribution in [1.82, 2.24) is 15.6 Å². The van der Waals surface area contributed by atoms with Gasteiger partial charge < -0.3 is 10.6 Å². The number of rotatable bonds is 0. The molecule has 1 aromatic heterocycles. The molecule has 2 rings (SSSR count). The molecule has 0 bridgehead atoms. The van der Waals surface area contributed by atoms with E-state index < -0.39 is 0 Å². The van der Waals surface area contributed by atoms with E-state index >= 15 is 0 Å². The Morgan fingerprint density at radius 1 is 0.647 bits per heavy atom. The summed E-state index contributed by atoms with van der Waals surface area (Å²) in [4.78, 5) is 3.78. The molecule has 1 aromatic rings. The van der Waals surface area contributed by atoms with E-state index in [1.807, 2.05) is 18.2 Å². The van der Waals surface area contributed by atoms with E-state index in [-0.39, 0.29) is 27.2 Å². The van der Waals surface area contributed by atoms with Crippen LogP contribution >= 0.6 is 0 Å². The molecule has 2 N–H and O–H groups in total. The summed E-state index contributed by atoms with van der Waals surface area (Å²) in [6.45, 7) is 4.56. The fourth-order valence-corrected chi connectivity index (χ4v) is 0.916. The van der Waals surface area contributed by atoms with E-state index in [9.17, 15) is 0 Å². The van der Waals surface area contributed by atoms with Gasteiger partial charge in [-0.2, -0.15) is 0 Å². The molecular weight excluding hydrogens is 237 g/mol. The zero-order chi connectivity index (χ0) is 8.49. The van der Waals surface area contributed by atoms with E-state index in [4.69, 9.17) is 0 Å². The summed E-state index contributed by atoms with van der Waals surface area (Å²) in [7, 11) is 0. The third-order valence-electron chi connectivity index (χ3n) is 1.52. The van der Waals surface area contributed by atoms with Crippen LogP contribution in [0.5, 0.6) is 0 Å². The first kappa shape index (κ1) is 29.7. The summed E-state index contributed by atoms with van der Waals surface area (Å²) in [6, 6.07) is 5.72. The van der Waals surface area contributed by atoms with Gasteiger partial charge in [-0.3, -0.25) is 23.8 Å². The van der Waals surface area contributed by atoms with Gasteiger partial charge >= 0.3 is 0 Å². The van der Waals surface area contributed by atoms with Gasteiger partial charge in [0.15, 0.2) is 0 Å². The number of aromatic nitrogens is 1. The van der Waals surface area contributed by atoms with Crippen molar-refractivity contribution in [3.63, 3.8) is 0 Å². The van der Waals surface area contributed by atoms with Crippen LogP contribution in [0.1, 0.15) is 0 Å². The van der Waals surface area contributed by atoms with Crippen molar-refractivity contribution >= 4 is 8.41 Å². The first-order valence-electron chi connectivity index (χ1n) is 4.26. The Balaban J connectivity index is -0.0000000436. The molecule has 1 aliphatic heterocycles. The Kier molecular flexibility index (Phi) is 42.3. The van der Waals surface area contributed by atoms with Gasteiger partial charge in [-0.25, -0.2) is 0 Å². The third-order valence-corrected chi connectivity index (χ3v) is 1.52. The Labute approximate surface area is 100 Å². The van der Waals surface area contributed by atoms with Crippen molar-refractivity contribution in [3.8, 4) is 0 Å². The van der Waals surface area contributed by atoms with Crippen LogP contribution in [-0.4, -0.2) is 39.6 Å². The third kappa shape index (κ3) is 20.8. The van der Waals surface area contributed by atoms with Gasteiger partial charge in [0.05, 0.1) is 8.41 Å². The number of nitrogens with one attached hydrogen (secondary N) is 2. The second-order valence-electron chi connectivity index (χ2n) is 2.52. The topological polar surface area (TPSA) is 37.0 Å². The van der Waals surface area contributed by atoms with E-state index in [1.54, 1.807) is 12.4 Å². The summed E-state index contributed by atoms with van der Waals surface area (Å²) >= 11 is 0. The summed E-state index contributed by atoms with van der Waals surface area (Å²) in [6.07, 6.45) is 3.50. The lowest BCUT2D eigenvalue weighted by molar-refractivity contribution is 0.534. The fraction of sp³-hybridized carbons (Fsp3) is 0.444. The van der Waals surface area contributed by atoms with Crippen molar-refractivity contribution in [3.05, 3.63) is 30.6 Å². The average Bonchev–Trinajstić information content (AvgIpc) is 2.24. The molecule has 0 aliphatic carbocycles. The summed E-state index contributed by atoms with van der Waals surface area (Å²) in [5, 5.41) is 6.44. The van der Waals surface area contributed by atoms with Gasteiger partial charge in [-0.1, -0.05) is 6.07 Å². The van der Waals surface area contributed by atoms with Crippen LogP contribution in [0.25, 0.3) is 0 Å². The standard InChI is InChI=1S/C5H5N.C4H10N2.BH3.4FH/c1-2-4-6-5-3-1;1-2-6-4-3-5-1;;;;;/h1-5H;5-6H,1-4H2;1H3;4*1H. The predicted molar refractivity (Wildman–Crippen MR) is 69.9 cm³/mol. The Hall–Kier alpha value is -1.15. The van der Waals surface area contributed by atoms with Gasteiger partial charge in [0.25, 0.3) is 0 Å². The monoisotopic (exact) mass is 259 g/mol. The predicted octanol–water partition coefficient (Wildman–Crippen LogP) is -0.313. The molecule has 0 radical (unpaired) electrons. The molecule has 1 saturated heterocycles. The highest BCUT2D eigenvalue weighted by Gasteiger charge is 1.91. The maximum absolute atomic E-state index is 3.78. The largest absolute Gasteiger partial charge is 0.314 e. The molecule has 0 unspecified atom stereocenters. The van der Waals surface area contributed by atoms with Gasteiger partial charge in [-0.15, -0.1) is 0 Å². The van der Waals surface area contributed by atoms with Crippen LogP contribution in [0.4, 0.5) is 18.8 Å². The molecule has 0 aromatic carbocycles. The maximum Gasteiger partial charge on any atom is 0.0814 e. The zero-order valence-corrected chi connectivity index (χ0v) is 8.80. The highest BCUT2D eigenvalue weighted by Crippen LogP contribution is 1.73. The minimum atomic E-state index is 0. The van der Waals surface area contributed by atoms with Crippen LogP contribution in [0.2, 0.25) is 0 Å². The van der Waals surface area contributed by atoms with Crippen LogP contribution in [0, 0.1) is 0 Å². The lowest BCUT2D eigenvalue weighted by Crippen LogP contribution is -2.39. The highest BCUT2D eigenvalue weighted by molar-refractivity contribution is 5.75. The number of hydrogen-bond acceptors (Lipinski definition) is 3. The molecule has 104 valence electrons. The SMILES string of the molecule is B.C1CNCCN1.F.F.F.F.c1ccncc1. The van der Waals surface area contributed by atoms with Crippen LogP contribution < -0.4 is 10.6 Å². The molecule has 1 fully saturated rings. The number of nitrogens with zero attached hydrogens (tertiary/aromatic N) is 1. The second kappa shape index (κ2) is 24.2. The molecule has 17 heavy (non-hydrogen) atoms. The smallest absolute Gasteiger partial charge is 0.0814 e. The summed E-state index contributed by atoms with van der Waals surface area (Å²) in [5.74, 6) is 0. The van der Waals surface area contributed by atoms with Crippen LogP contribution in [0.15, 0.2) is 30.6 Å². The lowest BCUT2D eigenvalue weighted by Gasteiger charge is -2.11. The first-order valence-corrected chi connectivity index (χ1v) is 4.26. The quantitative estimate of drug-likeness (QED) is 0.495. The molecular formula is C9H22BF4N3. The molecule has 0 amide bonds. The van der Waals surface area contributed by atoms with Crippen LogP contribution in [-0.2, 0) is 0 Å². The van der Waals surface area contributed by atoms with E-state index in [0.717, 1.165) is 26.2 Å². The van der Waals surface area contributed by atoms with E-state index in [2.05, 4.69) is 15.6 Å². The van der Waals surface area contributed by atoms with Crippen molar-refractivity contribution < 1.29 is 18.8 Å². The fourth-order valence-electron chi connectivity index (χ4n) is 0.916. The summed E-state index contributed by atoms with van der Waals surface area (Å²) in [5.41, 5.74) is 0. The first-order chi connectivity index (χ1) is 6.00. The zero-order valence-electron chi connectivity index (χ0n) is 8.80. The number of piperazine rings is 1. The molecule has 8 heteroatoms. The summed E-state index contributed by atoms with van der Waals surface area (Å²) < 4.78 is 0. The molecule has 3 nitrogen and oxygen atoms in total. The lowest BCUT2D eigenvalue weighted by atomic mass is 10.4. The maximum atomic E-state index is 3.78. The number of pyridine rings is 1. The minimum absolute atomic E-state index is 0. The van der Waals surface area contributed by atoms with Crippen molar-refractivity contribution in [2.24, 2.45) is 0 Å². The molecule has 2 heterocycles. The van der Waals surface area contributed by atoms with Gasteiger partial charge in [0.2, 0.25) is 0 Å². The molecule has 0 atom stereocenters. The Morgan fingerprint density at radius 3 is 1.12 bits per heavy atom. The minimum Gasteiger partial charge on any atom is -0.314 e. The number of halogens is 4.